The standard InChI is InChI=1S/C20H28N4O5S/c1-20(2,3)29-19(26)23-15-10-6-5-9-14(15)22-17(25)12-21-18-13-8-4-7-11-16(13)30(27,28)24-18/h4,7-8,11,14-15H,5-6,9-10,12H2,1-3H3,(H,21,24)(H,22,25)(H,23,26)/t14-,15+/m0/s1. The van der Waals surface area contributed by atoms with Gasteiger partial charge >= 0.3 is 6.09 Å². The number of amides is 2. The molecule has 1 saturated carbocycles. The third-order valence-corrected chi connectivity index (χ3v) is 6.26. The van der Waals surface area contributed by atoms with E-state index in [1.54, 1.807) is 39.0 Å². The summed E-state index contributed by atoms with van der Waals surface area (Å²) >= 11 is 0. The van der Waals surface area contributed by atoms with Gasteiger partial charge in [-0.3, -0.25) is 14.5 Å². The van der Waals surface area contributed by atoms with Crippen molar-refractivity contribution in [1.29, 1.82) is 0 Å². The second-order valence-corrected chi connectivity index (χ2v) is 10.1. The van der Waals surface area contributed by atoms with E-state index in [0.29, 0.717) is 5.56 Å². The first-order valence-electron chi connectivity index (χ1n) is 10.0. The van der Waals surface area contributed by atoms with Gasteiger partial charge in [0.05, 0.1) is 10.9 Å². The van der Waals surface area contributed by atoms with Crippen LogP contribution in [0.4, 0.5) is 4.79 Å². The number of alkyl carbamates (subject to hydrolysis) is 1. The molecule has 0 saturated heterocycles. The molecule has 10 heteroatoms. The van der Waals surface area contributed by atoms with Crippen LogP contribution in [0, 0.1) is 0 Å². The molecule has 1 aromatic rings. The Morgan fingerprint density at radius 3 is 2.43 bits per heavy atom. The number of ether oxygens (including phenoxy) is 1. The number of carbonyl (C=O) groups excluding carboxylic acids is 2. The molecule has 30 heavy (non-hydrogen) atoms. The van der Waals surface area contributed by atoms with Crippen LogP contribution in [-0.4, -0.2) is 50.5 Å². The minimum absolute atomic E-state index is 0.151. The average Bonchev–Trinajstić information content (AvgIpc) is 2.91. The van der Waals surface area contributed by atoms with Crippen LogP contribution in [-0.2, 0) is 19.6 Å². The number of nitrogens with one attached hydrogen (secondary N) is 3. The molecule has 2 atom stereocenters. The molecule has 2 aliphatic rings. The number of benzene rings is 1. The molecular formula is C20H28N4O5S. The zero-order valence-corrected chi connectivity index (χ0v) is 18.2. The number of carbonyl (C=O) groups is 2. The van der Waals surface area contributed by atoms with Gasteiger partial charge in [-0.1, -0.05) is 25.0 Å². The number of hydrogen-bond donors (Lipinski definition) is 3. The number of nitrogens with zero attached hydrogens (tertiary/aromatic N) is 1. The smallest absolute Gasteiger partial charge is 0.407 e. The fraction of sp³-hybridized carbons (Fsp3) is 0.550. The summed E-state index contributed by atoms with van der Waals surface area (Å²) < 4.78 is 31.9. The molecule has 164 valence electrons. The van der Waals surface area contributed by atoms with Crippen LogP contribution in [0.3, 0.4) is 0 Å². The van der Waals surface area contributed by atoms with Gasteiger partial charge in [-0.05, 0) is 45.7 Å². The first-order valence-corrected chi connectivity index (χ1v) is 11.5. The Morgan fingerprint density at radius 1 is 1.13 bits per heavy atom. The number of hydrogen-bond acceptors (Lipinski definition) is 6. The van der Waals surface area contributed by atoms with Crippen molar-refractivity contribution >= 4 is 27.9 Å². The van der Waals surface area contributed by atoms with Gasteiger partial charge in [0.2, 0.25) is 5.91 Å². The molecule has 1 fully saturated rings. The summed E-state index contributed by atoms with van der Waals surface area (Å²) in [6.45, 7) is 5.16. The van der Waals surface area contributed by atoms with E-state index in [-0.39, 0.29) is 35.3 Å². The predicted molar refractivity (Wildman–Crippen MR) is 112 cm³/mol. The number of rotatable bonds is 4. The molecule has 0 radical (unpaired) electrons. The Morgan fingerprint density at radius 2 is 1.77 bits per heavy atom. The van der Waals surface area contributed by atoms with Crippen LogP contribution in [0.2, 0.25) is 0 Å². The molecule has 1 aromatic carbocycles. The maximum Gasteiger partial charge on any atom is 0.407 e. The zero-order chi connectivity index (χ0) is 21.9. The molecule has 0 spiro atoms. The molecule has 1 aliphatic carbocycles. The summed E-state index contributed by atoms with van der Waals surface area (Å²) in [5.41, 5.74) is -0.147. The van der Waals surface area contributed by atoms with Crippen molar-refractivity contribution in [3.05, 3.63) is 29.8 Å². The zero-order valence-electron chi connectivity index (χ0n) is 17.4. The highest BCUT2D eigenvalue weighted by molar-refractivity contribution is 7.90. The van der Waals surface area contributed by atoms with Gasteiger partial charge in [0.1, 0.15) is 18.0 Å². The fourth-order valence-electron chi connectivity index (χ4n) is 3.59. The molecule has 2 amide bonds. The van der Waals surface area contributed by atoms with E-state index in [9.17, 15) is 18.0 Å². The van der Waals surface area contributed by atoms with Crippen LogP contribution >= 0.6 is 0 Å². The molecule has 0 bridgehead atoms. The van der Waals surface area contributed by atoms with Crippen molar-refractivity contribution < 1.29 is 22.7 Å². The lowest BCUT2D eigenvalue weighted by atomic mass is 9.90. The van der Waals surface area contributed by atoms with Crippen molar-refractivity contribution in [2.24, 2.45) is 4.99 Å². The third kappa shape index (κ3) is 5.50. The third-order valence-electron chi connectivity index (χ3n) is 4.86. The van der Waals surface area contributed by atoms with E-state index in [2.05, 4.69) is 20.3 Å². The van der Waals surface area contributed by atoms with Crippen LogP contribution < -0.4 is 15.4 Å². The summed E-state index contributed by atoms with van der Waals surface area (Å²) in [4.78, 5) is 28.9. The molecule has 0 aromatic heterocycles. The number of sulfonamides is 1. The molecule has 0 unspecified atom stereocenters. The van der Waals surface area contributed by atoms with E-state index in [1.807, 2.05) is 0 Å². The SMILES string of the molecule is CC(C)(C)OC(=O)N[C@@H]1CCCC[C@@H]1NC(=O)CN=C1NS(=O)(=O)c2ccccc21. The summed E-state index contributed by atoms with van der Waals surface area (Å²) in [7, 11) is -3.64. The minimum atomic E-state index is -3.64. The minimum Gasteiger partial charge on any atom is -0.444 e. The van der Waals surface area contributed by atoms with Crippen LogP contribution in [0.5, 0.6) is 0 Å². The average molecular weight is 437 g/mol. The predicted octanol–water partition coefficient (Wildman–Crippen LogP) is 1.68. The number of amidine groups is 1. The fourth-order valence-corrected chi connectivity index (χ4v) is 4.84. The van der Waals surface area contributed by atoms with Crippen molar-refractivity contribution in [2.45, 2.75) is 69.0 Å². The molecule has 3 N–H and O–H groups in total. The van der Waals surface area contributed by atoms with E-state index >= 15 is 0 Å². The number of aliphatic imine (C=N–C) groups is 1. The van der Waals surface area contributed by atoms with Gasteiger partial charge in [-0.2, -0.15) is 0 Å². The first-order chi connectivity index (χ1) is 14.0. The van der Waals surface area contributed by atoms with Gasteiger partial charge in [0, 0.05) is 11.6 Å². The maximum absolute atomic E-state index is 12.5. The Hall–Kier alpha value is -2.62. The molecular weight excluding hydrogens is 408 g/mol. The van der Waals surface area contributed by atoms with E-state index < -0.39 is 21.7 Å². The summed E-state index contributed by atoms with van der Waals surface area (Å²) in [5.74, 6) is -0.179. The van der Waals surface area contributed by atoms with Gasteiger partial charge in [-0.15, -0.1) is 0 Å². The lowest BCUT2D eigenvalue weighted by Crippen LogP contribution is -2.54. The lowest BCUT2D eigenvalue weighted by Gasteiger charge is -2.33. The number of fused-ring (bicyclic) bond motifs is 1. The Bertz CT molecular complexity index is 952. The van der Waals surface area contributed by atoms with E-state index in [4.69, 9.17) is 4.74 Å². The van der Waals surface area contributed by atoms with Gasteiger partial charge in [0.15, 0.2) is 0 Å². The van der Waals surface area contributed by atoms with Crippen LogP contribution in [0.15, 0.2) is 34.2 Å². The summed E-state index contributed by atoms with van der Waals surface area (Å²) in [5, 5.41) is 5.76. The Labute approximate surface area is 176 Å². The second kappa shape index (κ2) is 8.63. The topological polar surface area (TPSA) is 126 Å². The molecule has 1 heterocycles. The quantitative estimate of drug-likeness (QED) is 0.662. The van der Waals surface area contributed by atoms with Gasteiger partial charge in [0.25, 0.3) is 10.0 Å². The normalized spacial score (nSPS) is 23.9. The highest BCUT2D eigenvalue weighted by Crippen LogP contribution is 2.22. The molecule has 3 rings (SSSR count). The summed E-state index contributed by atoms with van der Waals surface area (Å²) in [6.07, 6.45) is 2.86. The largest absolute Gasteiger partial charge is 0.444 e. The van der Waals surface area contributed by atoms with E-state index in [1.165, 1.54) is 6.07 Å². The monoisotopic (exact) mass is 436 g/mol. The van der Waals surface area contributed by atoms with Crippen molar-refractivity contribution in [3.8, 4) is 0 Å². The van der Waals surface area contributed by atoms with Crippen molar-refractivity contribution in [1.82, 2.24) is 15.4 Å². The Kier molecular flexibility index (Phi) is 6.35. The molecule has 1 aliphatic heterocycles. The lowest BCUT2D eigenvalue weighted by molar-refractivity contribution is -0.120. The van der Waals surface area contributed by atoms with E-state index in [0.717, 1.165) is 25.7 Å². The highest BCUT2D eigenvalue weighted by atomic mass is 32.2. The van der Waals surface area contributed by atoms with Crippen molar-refractivity contribution in [3.63, 3.8) is 0 Å². The highest BCUT2D eigenvalue weighted by Gasteiger charge is 2.31. The molecule has 9 nitrogen and oxygen atoms in total. The second-order valence-electron chi connectivity index (χ2n) is 8.48. The van der Waals surface area contributed by atoms with Gasteiger partial charge in [-0.25, -0.2) is 13.2 Å². The Balaban J connectivity index is 1.61. The van der Waals surface area contributed by atoms with Gasteiger partial charge < -0.3 is 15.4 Å². The summed E-state index contributed by atoms with van der Waals surface area (Å²) in [6, 6.07) is 6.03. The van der Waals surface area contributed by atoms with Crippen LogP contribution in [0.1, 0.15) is 52.0 Å². The maximum atomic E-state index is 12.5. The van der Waals surface area contributed by atoms with Crippen molar-refractivity contribution in [2.75, 3.05) is 6.54 Å². The van der Waals surface area contributed by atoms with Crippen LogP contribution in [0.25, 0.3) is 0 Å². The first kappa shape index (κ1) is 22.1.